The molecule has 112 valence electrons. The minimum absolute atomic E-state index is 0. The number of halogens is 1. The quantitative estimate of drug-likeness (QED) is 0.814. The summed E-state index contributed by atoms with van der Waals surface area (Å²) in [4.78, 5) is 16.5. The van der Waals surface area contributed by atoms with Gasteiger partial charge in [0.25, 0.3) is 0 Å². The molecule has 2 saturated heterocycles. The van der Waals surface area contributed by atoms with Crippen LogP contribution in [0.4, 0.5) is 0 Å². The lowest BCUT2D eigenvalue weighted by atomic mass is 10.1. The van der Waals surface area contributed by atoms with E-state index in [2.05, 4.69) is 24.1 Å². The normalized spacial score (nSPS) is 28.8. The fourth-order valence-corrected chi connectivity index (χ4v) is 2.77. The Hall–Kier alpha value is -0.360. The monoisotopic (exact) mass is 291 g/mol. The van der Waals surface area contributed by atoms with Gasteiger partial charge in [-0.25, -0.2) is 0 Å². The van der Waals surface area contributed by atoms with Crippen LogP contribution in [0.25, 0.3) is 0 Å². The minimum Gasteiger partial charge on any atom is -0.378 e. The highest BCUT2D eigenvalue weighted by Gasteiger charge is 2.26. The summed E-state index contributed by atoms with van der Waals surface area (Å²) in [6.45, 7) is 10.3. The zero-order valence-corrected chi connectivity index (χ0v) is 12.7. The average Bonchev–Trinajstić information content (AvgIpc) is 2.39. The first-order valence-electron chi connectivity index (χ1n) is 7.00. The first kappa shape index (κ1) is 16.7. The maximum Gasteiger partial charge on any atom is 0.223 e. The molecule has 5 nitrogen and oxygen atoms in total. The Balaban J connectivity index is 0.00000180. The van der Waals surface area contributed by atoms with Crippen molar-refractivity contribution in [2.75, 3.05) is 45.9 Å². The van der Waals surface area contributed by atoms with E-state index >= 15 is 0 Å². The molecule has 0 spiro atoms. The maximum atomic E-state index is 12.1. The van der Waals surface area contributed by atoms with Crippen LogP contribution in [0.3, 0.4) is 0 Å². The van der Waals surface area contributed by atoms with E-state index < -0.39 is 0 Å². The summed E-state index contributed by atoms with van der Waals surface area (Å²) in [5, 5.41) is 3.27. The molecule has 2 aliphatic heterocycles. The molecule has 19 heavy (non-hydrogen) atoms. The molecule has 2 unspecified atom stereocenters. The van der Waals surface area contributed by atoms with Crippen molar-refractivity contribution in [3.8, 4) is 0 Å². The molecule has 0 aromatic carbocycles. The zero-order chi connectivity index (χ0) is 13.0. The van der Waals surface area contributed by atoms with Crippen LogP contribution in [0.5, 0.6) is 0 Å². The molecule has 2 rings (SSSR count). The number of rotatable bonds is 3. The predicted octanol–water partition coefficient (Wildman–Crippen LogP) is 0.339. The number of nitrogens with one attached hydrogen (secondary N) is 1. The fraction of sp³-hybridized carbons (Fsp3) is 0.923. The van der Waals surface area contributed by atoms with E-state index in [-0.39, 0.29) is 12.4 Å². The highest BCUT2D eigenvalue weighted by atomic mass is 35.5. The summed E-state index contributed by atoms with van der Waals surface area (Å²) in [6.07, 6.45) is 0.634. The van der Waals surface area contributed by atoms with Crippen LogP contribution in [0.1, 0.15) is 20.3 Å². The molecule has 0 saturated carbocycles. The molecule has 0 bridgehead atoms. The Morgan fingerprint density at radius 1 is 1.21 bits per heavy atom. The third-order valence-electron chi connectivity index (χ3n) is 3.90. The van der Waals surface area contributed by atoms with Gasteiger partial charge in [-0.2, -0.15) is 0 Å². The third-order valence-corrected chi connectivity index (χ3v) is 3.90. The van der Waals surface area contributed by atoms with Crippen molar-refractivity contribution in [2.45, 2.75) is 32.4 Å². The Morgan fingerprint density at radius 2 is 1.79 bits per heavy atom. The van der Waals surface area contributed by atoms with Gasteiger partial charge >= 0.3 is 0 Å². The van der Waals surface area contributed by atoms with Crippen LogP contribution in [-0.2, 0) is 9.53 Å². The van der Waals surface area contributed by atoms with Crippen LogP contribution in [0.15, 0.2) is 0 Å². The summed E-state index contributed by atoms with van der Waals surface area (Å²) in [5.74, 6) is 0.294. The number of morpholine rings is 1. The smallest absolute Gasteiger partial charge is 0.223 e. The maximum absolute atomic E-state index is 12.1. The Kier molecular flexibility index (Phi) is 7.07. The van der Waals surface area contributed by atoms with Gasteiger partial charge in [-0.15, -0.1) is 12.4 Å². The van der Waals surface area contributed by atoms with Gasteiger partial charge in [0.05, 0.1) is 13.2 Å². The standard InChI is InChI=1S/C13H25N3O2.ClH/c1-11-9-18-10-12(2)16(11)6-3-13(17)15-7-4-14-5-8-15;/h11-12,14H,3-10H2,1-2H3;1H. The first-order chi connectivity index (χ1) is 8.68. The molecular weight excluding hydrogens is 266 g/mol. The van der Waals surface area contributed by atoms with E-state index in [9.17, 15) is 4.79 Å². The van der Waals surface area contributed by atoms with Gasteiger partial charge in [-0.1, -0.05) is 0 Å². The lowest BCUT2D eigenvalue weighted by Crippen LogP contribution is -2.51. The summed E-state index contributed by atoms with van der Waals surface area (Å²) in [7, 11) is 0. The Bertz CT molecular complexity index is 275. The van der Waals surface area contributed by atoms with Gasteiger partial charge in [0.2, 0.25) is 5.91 Å². The van der Waals surface area contributed by atoms with Crippen molar-refractivity contribution in [1.29, 1.82) is 0 Å². The lowest BCUT2D eigenvalue weighted by molar-refractivity contribution is -0.133. The molecular formula is C13H26ClN3O2. The Morgan fingerprint density at radius 3 is 2.37 bits per heavy atom. The topological polar surface area (TPSA) is 44.8 Å². The Labute approximate surface area is 122 Å². The van der Waals surface area contributed by atoms with E-state index in [1.54, 1.807) is 0 Å². The average molecular weight is 292 g/mol. The fourth-order valence-electron chi connectivity index (χ4n) is 2.77. The highest BCUT2D eigenvalue weighted by Crippen LogP contribution is 2.13. The van der Waals surface area contributed by atoms with Gasteiger partial charge in [0.15, 0.2) is 0 Å². The number of ether oxygens (including phenoxy) is 1. The molecule has 1 amide bonds. The minimum atomic E-state index is 0. The van der Waals surface area contributed by atoms with Crippen LogP contribution in [0, 0.1) is 0 Å². The predicted molar refractivity (Wildman–Crippen MR) is 77.8 cm³/mol. The first-order valence-corrected chi connectivity index (χ1v) is 7.00. The third kappa shape index (κ3) is 4.60. The molecule has 2 heterocycles. The molecule has 2 fully saturated rings. The molecule has 0 aromatic heterocycles. The van der Waals surface area contributed by atoms with Crippen LogP contribution in [0.2, 0.25) is 0 Å². The molecule has 0 aromatic rings. The largest absolute Gasteiger partial charge is 0.378 e. The van der Waals surface area contributed by atoms with Gasteiger partial charge in [-0.05, 0) is 13.8 Å². The number of carbonyl (C=O) groups excluding carboxylic acids is 1. The second-order valence-electron chi connectivity index (χ2n) is 5.35. The van der Waals surface area contributed by atoms with E-state index in [1.807, 2.05) is 4.90 Å². The number of hydrogen-bond acceptors (Lipinski definition) is 4. The van der Waals surface area contributed by atoms with Crippen molar-refractivity contribution in [3.05, 3.63) is 0 Å². The number of piperazine rings is 1. The number of carbonyl (C=O) groups is 1. The van der Waals surface area contributed by atoms with Crippen LogP contribution >= 0.6 is 12.4 Å². The van der Waals surface area contributed by atoms with Gasteiger partial charge < -0.3 is 15.0 Å². The molecule has 2 aliphatic rings. The molecule has 6 heteroatoms. The number of amides is 1. The second-order valence-corrected chi connectivity index (χ2v) is 5.35. The van der Waals surface area contributed by atoms with Crippen LogP contribution < -0.4 is 5.32 Å². The van der Waals surface area contributed by atoms with Crippen molar-refractivity contribution in [1.82, 2.24) is 15.1 Å². The molecule has 1 N–H and O–H groups in total. The van der Waals surface area contributed by atoms with Crippen molar-refractivity contribution in [3.63, 3.8) is 0 Å². The van der Waals surface area contributed by atoms with Crippen LogP contribution in [-0.4, -0.2) is 73.7 Å². The number of nitrogens with zero attached hydrogens (tertiary/aromatic N) is 2. The lowest BCUT2D eigenvalue weighted by Gasteiger charge is -2.39. The van der Waals surface area contributed by atoms with Gasteiger partial charge in [-0.3, -0.25) is 9.69 Å². The molecule has 0 radical (unpaired) electrons. The second kappa shape index (κ2) is 8.04. The zero-order valence-electron chi connectivity index (χ0n) is 11.9. The summed E-state index contributed by atoms with van der Waals surface area (Å²) in [6, 6.07) is 0.842. The van der Waals surface area contributed by atoms with E-state index in [0.29, 0.717) is 24.4 Å². The van der Waals surface area contributed by atoms with E-state index in [1.165, 1.54) is 0 Å². The van der Waals surface area contributed by atoms with Gasteiger partial charge in [0, 0.05) is 51.2 Å². The summed E-state index contributed by atoms with van der Waals surface area (Å²) >= 11 is 0. The SMILES string of the molecule is CC1COCC(C)N1CCC(=O)N1CCNCC1.Cl. The van der Waals surface area contributed by atoms with Crippen molar-refractivity contribution in [2.24, 2.45) is 0 Å². The summed E-state index contributed by atoms with van der Waals surface area (Å²) < 4.78 is 5.50. The van der Waals surface area contributed by atoms with Crippen molar-refractivity contribution < 1.29 is 9.53 Å². The summed E-state index contributed by atoms with van der Waals surface area (Å²) in [5.41, 5.74) is 0. The highest BCUT2D eigenvalue weighted by molar-refractivity contribution is 5.85. The number of hydrogen-bond donors (Lipinski definition) is 1. The molecule has 0 aliphatic carbocycles. The van der Waals surface area contributed by atoms with E-state index in [0.717, 1.165) is 45.9 Å². The molecule has 2 atom stereocenters. The van der Waals surface area contributed by atoms with Gasteiger partial charge in [0.1, 0.15) is 0 Å². The van der Waals surface area contributed by atoms with Crippen molar-refractivity contribution >= 4 is 18.3 Å². The van der Waals surface area contributed by atoms with E-state index in [4.69, 9.17) is 4.74 Å².